The van der Waals surface area contributed by atoms with Gasteiger partial charge in [0.2, 0.25) is 0 Å². The Morgan fingerprint density at radius 1 is 1.35 bits per heavy atom. The average Bonchev–Trinajstić information content (AvgIpc) is 2.16. The second kappa shape index (κ2) is 8.91. The maximum Gasteiger partial charge on any atom is 0.335 e. The van der Waals surface area contributed by atoms with E-state index in [4.69, 9.17) is 30.0 Å². The molecular weight excluding hydrogens is 232 g/mol. The van der Waals surface area contributed by atoms with Crippen molar-refractivity contribution in [2.75, 3.05) is 13.2 Å². The number of carbonyl (C=O) groups is 2. The lowest BCUT2D eigenvalue weighted by molar-refractivity contribution is -0.167. The van der Waals surface area contributed by atoms with Crippen LogP contribution in [0, 0.1) is 0 Å². The lowest BCUT2D eigenvalue weighted by atomic mass is 9.98. The predicted molar refractivity (Wildman–Crippen MR) is 58.7 cm³/mol. The van der Waals surface area contributed by atoms with E-state index >= 15 is 0 Å². The van der Waals surface area contributed by atoms with Crippen LogP contribution in [0.2, 0.25) is 0 Å². The number of ether oxygens (including phenoxy) is 1. The molecule has 0 rings (SSSR count). The highest BCUT2D eigenvalue weighted by atomic mass is 16.5. The van der Waals surface area contributed by atoms with Crippen LogP contribution in [0.15, 0.2) is 0 Å². The summed E-state index contributed by atoms with van der Waals surface area (Å²) >= 11 is 0. The first-order valence-electron chi connectivity index (χ1n) is 5.05. The van der Waals surface area contributed by atoms with Crippen molar-refractivity contribution in [3.05, 3.63) is 0 Å². The van der Waals surface area contributed by atoms with E-state index in [1.165, 1.54) is 6.92 Å². The molecule has 17 heavy (non-hydrogen) atoms. The fraction of sp³-hybridized carbons (Fsp3) is 0.800. The first kappa shape index (κ1) is 18.2. The fourth-order valence-electron chi connectivity index (χ4n) is 1.04. The van der Waals surface area contributed by atoms with Crippen molar-refractivity contribution in [2.24, 2.45) is 0 Å². The summed E-state index contributed by atoms with van der Waals surface area (Å²) in [6.45, 7) is 3.92. The lowest BCUT2D eigenvalue weighted by Crippen LogP contribution is -2.42. The molecule has 0 fully saturated rings. The number of carboxylic acid groups (broad SMARTS) is 2. The minimum atomic E-state index is -1.42. The fourth-order valence-corrected chi connectivity index (χ4v) is 1.04. The minimum Gasteiger partial charge on any atom is -0.481 e. The molecule has 7 heteroatoms. The Labute approximate surface area is 99.6 Å². The molecule has 0 aliphatic rings. The van der Waals surface area contributed by atoms with Crippen molar-refractivity contribution in [1.29, 1.82) is 0 Å². The van der Waals surface area contributed by atoms with Crippen molar-refractivity contribution in [3.63, 3.8) is 0 Å². The molecule has 7 nitrogen and oxygen atoms in total. The predicted octanol–water partition coefficient (Wildman–Crippen LogP) is -0.300. The number of hydrogen-bond donors (Lipinski definition) is 4. The molecule has 0 saturated heterocycles. The van der Waals surface area contributed by atoms with Crippen molar-refractivity contribution >= 4 is 11.9 Å². The Morgan fingerprint density at radius 2 is 1.76 bits per heavy atom. The Balaban J connectivity index is 0. The molecule has 0 heterocycles. The van der Waals surface area contributed by atoms with Gasteiger partial charge in [0.15, 0.2) is 5.60 Å². The monoisotopic (exact) mass is 252 g/mol. The zero-order valence-electron chi connectivity index (χ0n) is 10.2. The van der Waals surface area contributed by atoms with E-state index in [0.29, 0.717) is 0 Å². The molecular formula is C10H20O7. The maximum atomic E-state index is 10.7. The summed E-state index contributed by atoms with van der Waals surface area (Å²) in [6, 6.07) is 0. The molecule has 0 saturated carbocycles. The maximum absolute atomic E-state index is 10.7. The largest absolute Gasteiger partial charge is 0.481 e. The first-order chi connectivity index (χ1) is 7.69. The molecule has 0 aromatic carbocycles. The van der Waals surface area contributed by atoms with Crippen LogP contribution in [-0.2, 0) is 14.3 Å². The van der Waals surface area contributed by atoms with Gasteiger partial charge in [0, 0.05) is 20.0 Å². The summed E-state index contributed by atoms with van der Waals surface area (Å²) in [6.07, 6.45) is -1.18. The van der Waals surface area contributed by atoms with Crippen molar-refractivity contribution in [1.82, 2.24) is 0 Å². The van der Waals surface area contributed by atoms with E-state index in [9.17, 15) is 4.79 Å². The summed E-state index contributed by atoms with van der Waals surface area (Å²) in [5, 5.41) is 33.8. The quantitative estimate of drug-likeness (QED) is 0.511. The molecule has 2 atom stereocenters. The number of aliphatic carboxylic acids is 2. The average molecular weight is 252 g/mol. The molecule has 4 N–H and O–H groups in total. The molecule has 0 amide bonds. The molecule has 2 unspecified atom stereocenters. The van der Waals surface area contributed by atoms with E-state index in [2.05, 4.69) is 0 Å². The summed E-state index contributed by atoms with van der Waals surface area (Å²) in [7, 11) is 0. The number of carboxylic acids is 2. The molecule has 0 aliphatic heterocycles. The van der Waals surface area contributed by atoms with Crippen LogP contribution >= 0.6 is 0 Å². The third-order valence-corrected chi connectivity index (χ3v) is 1.75. The van der Waals surface area contributed by atoms with Gasteiger partial charge in [-0.1, -0.05) is 0 Å². The van der Waals surface area contributed by atoms with Gasteiger partial charge in [0.05, 0.1) is 12.7 Å². The highest BCUT2D eigenvalue weighted by molar-refractivity contribution is 5.76. The standard InChI is InChI=1S/C8H16O5.C2H4O2/c1-3-13-8(2,7(11)12)4-6(10)5-9;1-2(3)4/h6,9-10H,3-5H2,1-2H3,(H,11,12);1H3,(H,3,4). The van der Waals surface area contributed by atoms with E-state index in [1.54, 1.807) is 6.92 Å². The number of aliphatic hydroxyl groups is 2. The summed E-state index contributed by atoms with van der Waals surface area (Å²) < 4.78 is 4.99. The second-order valence-corrected chi connectivity index (χ2v) is 3.53. The Morgan fingerprint density at radius 3 is 2.00 bits per heavy atom. The third kappa shape index (κ3) is 9.73. The summed E-state index contributed by atoms with van der Waals surface area (Å²) in [5.41, 5.74) is -1.42. The molecule has 0 bridgehead atoms. The summed E-state index contributed by atoms with van der Waals surface area (Å²) in [5.74, 6) is -1.97. The number of rotatable bonds is 6. The summed E-state index contributed by atoms with van der Waals surface area (Å²) in [4.78, 5) is 19.7. The van der Waals surface area contributed by atoms with Crippen LogP contribution < -0.4 is 0 Å². The Bertz CT molecular complexity index is 237. The highest BCUT2D eigenvalue weighted by Gasteiger charge is 2.35. The van der Waals surface area contributed by atoms with E-state index in [-0.39, 0.29) is 13.0 Å². The Kier molecular flexibility index (Phi) is 9.54. The molecule has 0 radical (unpaired) electrons. The molecule has 0 spiro atoms. The van der Waals surface area contributed by atoms with Crippen molar-refractivity contribution < 1.29 is 34.8 Å². The van der Waals surface area contributed by atoms with Gasteiger partial charge in [-0.15, -0.1) is 0 Å². The van der Waals surface area contributed by atoms with Gasteiger partial charge in [-0.25, -0.2) is 4.79 Å². The lowest BCUT2D eigenvalue weighted by Gasteiger charge is -2.26. The van der Waals surface area contributed by atoms with Crippen LogP contribution in [0.5, 0.6) is 0 Å². The van der Waals surface area contributed by atoms with Gasteiger partial charge in [-0.3, -0.25) is 4.79 Å². The van der Waals surface area contributed by atoms with Crippen molar-refractivity contribution in [2.45, 2.75) is 38.9 Å². The van der Waals surface area contributed by atoms with Crippen LogP contribution in [0.3, 0.4) is 0 Å². The van der Waals surface area contributed by atoms with Gasteiger partial charge in [-0.05, 0) is 13.8 Å². The van der Waals surface area contributed by atoms with Gasteiger partial charge in [0.25, 0.3) is 5.97 Å². The normalized spacial score (nSPS) is 15.1. The van der Waals surface area contributed by atoms with Crippen LogP contribution in [0.1, 0.15) is 27.2 Å². The van der Waals surface area contributed by atoms with Gasteiger partial charge in [-0.2, -0.15) is 0 Å². The van der Waals surface area contributed by atoms with Crippen LogP contribution in [0.4, 0.5) is 0 Å². The first-order valence-corrected chi connectivity index (χ1v) is 5.05. The van der Waals surface area contributed by atoms with Crippen LogP contribution in [0.25, 0.3) is 0 Å². The van der Waals surface area contributed by atoms with E-state index in [1.807, 2.05) is 0 Å². The van der Waals surface area contributed by atoms with E-state index < -0.39 is 30.3 Å². The Hall–Kier alpha value is -1.18. The molecule has 0 aromatic rings. The van der Waals surface area contributed by atoms with Crippen LogP contribution in [-0.4, -0.2) is 57.3 Å². The second-order valence-electron chi connectivity index (χ2n) is 3.53. The zero-order valence-corrected chi connectivity index (χ0v) is 10.2. The number of hydrogen-bond acceptors (Lipinski definition) is 5. The van der Waals surface area contributed by atoms with Crippen molar-refractivity contribution in [3.8, 4) is 0 Å². The third-order valence-electron chi connectivity index (χ3n) is 1.75. The molecule has 0 aromatic heterocycles. The highest BCUT2D eigenvalue weighted by Crippen LogP contribution is 2.18. The van der Waals surface area contributed by atoms with Gasteiger partial charge < -0.3 is 25.2 Å². The topological polar surface area (TPSA) is 124 Å². The van der Waals surface area contributed by atoms with Gasteiger partial charge >= 0.3 is 5.97 Å². The molecule has 102 valence electrons. The van der Waals surface area contributed by atoms with Gasteiger partial charge in [0.1, 0.15) is 0 Å². The smallest absolute Gasteiger partial charge is 0.335 e. The zero-order chi connectivity index (χ0) is 14.1. The minimum absolute atomic E-state index is 0.118. The molecule has 0 aliphatic carbocycles. The number of aliphatic hydroxyl groups excluding tert-OH is 2. The van der Waals surface area contributed by atoms with E-state index in [0.717, 1.165) is 6.92 Å². The SMILES string of the molecule is CC(=O)O.CCOC(C)(CC(O)CO)C(=O)O.